The average Bonchev–Trinajstić information content (AvgIpc) is 2.36. The molecule has 1 amide bonds. The van der Waals surface area contributed by atoms with Crippen molar-refractivity contribution in [3.63, 3.8) is 0 Å². The maximum Gasteiger partial charge on any atom is 0.320 e. The lowest BCUT2D eigenvalue weighted by Crippen LogP contribution is -2.39. The number of carboxylic acid groups (broad SMARTS) is 1. The smallest absolute Gasteiger partial charge is 0.320 e. The van der Waals surface area contributed by atoms with E-state index in [9.17, 15) is 19.7 Å². The number of aliphatic carboxylic acids is 1. The third-order valence-electron chi connectivity index (χ3n) is 2.31. The van der Waals surface area contributed by atoms with Gasteiger partial charge in [0.05, 0.1) is 11.5 Å². The Balaban J connectivity index is 2.63. The number of rotatable bonds is 6. The number of benzene rings is 1. The Morgan fingerprint density at radius 1 is 1.42 bits per heavy atom. The minimum Gasteiger partial charge on any atom is -0.480 e. The fourth-order valence-corrected chi connectivity index (χ4v) is 1.27. The molecule has 0 aromatic heterocycles. The van der Waals surface area contributed by atoms with Gasteiger partial charge in [0.25, 0.3) is 5.69 Å². The van der Waals surface area contributed by atoms with Crippen LogP contribution in [0.15, 0.2) is 24.3 Å². The largest absolute Gasteiger partial charge is 0.480 e. The first-order valence-electron chi connectivity index (χ1n) is 5.41. The van der Waals surface area contributed by atoms with Gasteiger partial charge in [-0.3, -0.25) is 25.0 Å². The van der Waals surface area contributed by atoms with Crippen LogP contribution in [-0.4, -0.2) is 34.5 Å². The zero-order valence-electron chi connectivity index (χ0n) is 10.1. The van der Waals surface area contributed by atoms with Crippen LogP contribution in [0.1, 0.15) is 6.92 Å². The molecule has 8 heteroatoms. The molecule has 0 saturated carbocycles. The van der Waals surface area contributed by atoms with Crippen molar-refractivity contribution in [1.82, 2.24) is 5.32 Å². The van der Waals surface area contributed by atoms with Gasteiger partial charge in [0, 0.05) is 6.07 Å². The monoisotopic (exact) mass is 267 g/mol. The van der Waals surface area contributed by atoms with E-state index in [2.05, 4.69) is 10.6 Å². The Labute approximate surface area is 108 Å². The van der Waals surface area contributed by atoms with Crippen molar-refractivity contribution < 1.29 is 19.6 Å². The Morgan fingerprint density at radius 3 is 2.63 bits per heavy atom. The number of carbonyl (C=O) groups excluding carboxylic acids is 1. The molecule has 0 aliphatic rings. The highest BCUT2D eigenvalue weighted by Crippen LogP contribution is 2.22. The highest BCUT2D eigenvalue weighted by molar-refractivity contribution is 5.94. The highest BCUT2D eigenvalue weighted by Gasteiger charge is 2.16. The summed E-state index contributed by atoms with van der Waals surface area (Å²) < 4.78 is 0. The van der Waals surface area contributed by atoms with Crippen molar-refractivity contribution in [1.29, 1.82) is 0 Å². The summed E-state index contributed by atoms with van der Waals surface area (Å²) in [6.45, 7) is 1.14. The molecule has 0 radical (unpaired) electrons. The first-order chi connectivity index (χ1) is 8.91. The van der Waals surface area contributed by atoms with Gasteiger partial charge in [0.15, 0.2) is 0 Å². The van der Waals surface area contributed by atoms with E-state index in [1.807, 2.05) is 0 Å². The normalized spacial score (nSPS) is 11.6. The molecule has 0 spiro atoms. The third-order valence-corrected chi connectivity index (χ3v) is 2.31. The van der Waals surface area contributed by atoms with Crippen LogP contribution < -0.4 is 10.6 Å². The molecule has 1 atom stereocenters. The fourth-order valence-electron chi connectivity index (χ4n) is 1.27. The van der Waals surface area contributed by atoms with E-state index in [0.717, 1.165) is 0 Å². The van der Waals surface area contributed by atoms with Gasteiger partial charge in [0.2, 0.25) is 5.91 Å². The summed E-state index contributed by atoms with van der Waals surface area (Å²) in [6, 6.07) is 4.82. The summed E-state index contributed by atoms with van der Waals surface area (Å²) in [7, 11) is 0. The maximum atomic E-state index is 11.5. The van der Waals surface area contributed by atoms with Crippen LogP contribution in [0.5, 0.6) is 0 Å². The number of nitro groups is 1. The van der Waals surface area contributed by atoms with Crippen molar-refractivity contribution in [2.75, 3.05) is 11.9 Å². The van der Waals surface area contributed by atoms with Gasteiger partial charge in [-0.25, -0.2) is 0 Å². The van der Waals surface area contributed by atoms with Crippen LogP contribution in [0.3, 0.4) is 0 Å². The number of carbonyl (C=O) groups is 2. The number of nitrogens with zero attached hydrogens (tertiary/aromatic N) is 1. The fraction of sp³-hybridized carbons (Fsp3) is 0.273. The topological polar surface area (TPSA) is 122 Å². The average molecular weight is 267 g/mol. The molecule has 102 valence electrons. The van der Waals surface area contributed by atoms with Crippen molar-refractivity contribution in [3.05, 3.63) is 34.4 Å². The van der Waals surface area contributed by atoms with E-state index in [1.165, 1.54) is 25.1 Å². The number of carboxylic acids is 1. The highest BCUT2D eigenvalue weighted by atomic mass is 16.6. The van der Waals surface area contributed by atoms with Crippen LogP contribution in [0.25, 0.3) is 0 Å². The molecule has 3 N–H and O–H groups in total. The predicted molar refractivity (Wildman–Crippen MR) is 66.8 cm³/mol. The molecule has 0 saturated heterocycles. The number of nitro benzene ring substituents is 1. The number of anilines is 1. The first-order valence-corrected chi connectivity index (χ1v) is 5.41. The van der Waals surface area contributed by atoms with Crippen molar-refractivity contribution >= 4 is 23.3 Å². The van der Waals surface area contributed by atoms with Crippen LogP contribution in [-0.2, 0) is 9.59 Å². The second-order valence-corrected chi connectivity index (χ2v) is 3.76. The number of amides is 1. The summed E-state index contributed by atoms with van der Waals surface area (Å²) in [5.41, 5.74) is -0.149. The SMILES string of the molecule is C[C@H](NCC(=O)Nc1ccccc1[N+](=O)[O-])C(=O)O. The van der Waals surface area contributed by atoms with Crippen LogP contribution in [0, 0.1) is 10.1 Å². The number of hydrogen-bond acceptors (Lipinski definition) is 5. The summed E-state index contributed by atoms with van der Waals surface area (Å²) in [6.07, 6.45) is 0. The summed E-state index contributed by atoms with van der Waals surface area (Å²) >= 11 is 0. The minimum absolute atomic E-state index is 0.0716. The van der Waals surface area contributed by atoms with E-state index in [0.29, 0.717) is 0 Å². The standard InChI is InChI=1S/C11H13N3O5/c1-7(11(16)17)12-6-10(15)13-8-4-2-3-5-9(8)14(18)19/h2-5,7,12H,6H2,1H3,(H,13,15)(H,16,17)/t7-/m0/s1. The lowest BCUT2D eigenvalue weighted by atomic mass is 10.2. The molecule has 0 bridgehead atoms. The Hall–Kier alpha value is -2.48. The summed E-state index contributed by atoms with van der Waals surface area (Å²) in [5, 5.41) is 24.2. The third kappa shape index (κ3) is 4.36. The van der Waals surface area contributed by atoms with Gasteiger partial charge in [-0.15, -0.1) is 0 Å². The lowest BCUT2D eigenvalue weighted by molar-refractivity contribution is -0.383. The van der Waals surface area contributed by atoms with Gasteiger partial charge < -0.3 is 10.4 Å². The minimum atomic E-state index is -1.08. The second kappa shape index (κ2) is 6.45. The molecule has 0 heterocycles. The zero-order chi connectivity index (χ0) is 14.4. The molecule has 0 unspecified atom stereocenters. The van der Waals surface area contributed by atoms with Gasteiger partial charge in [0.1, 0.15) is 11.7 Å². The molecule has 0 aliphatic carbocycles. The van der Waals surface area contributed by atoms with Crippen LogP contribution in [0.4, 0.5) is 11.4 Å². The Kier molecular flexibility index (Phi) is 4.95. The van der Waals surface area contributed by atoms with E-state index in [1.54, 1.807) is 6.07 Å². The number of para-hydroxylation sites is 2. The van der Waals surface area contributed by atoms with Gasteiger partial charge in [-0.05, 0) is 13.0 Å². The van der Waals surface area contributed by atoms with E-state index in [-0.39, 0.29) is 17.9 Å². The Morgan fingerprint density at radius 2 is 2.05 bits per heavy atom. The van der Waals surface area contributed by atoms with Gasteiger partial charge >= 0.3 is 5.97 Å². The zero-order valence-corrected chi connectivity index (χ0v) is 10.1. The molecular weight excluding hydrogens is 254 g/mol. The van der Waals surface area contributed by atoms with E-state index < -0.39 is 22.8 Å². The molecule has 1 aromatic carbocycles. The van der Waals surface area contributed by atoms with Crippen molar-refractivity contribution in [2.45, 2.75) is 13.0 Å². The van der Waals surface area contributed by atoms with Crippen molar-refractivity contribution in [2.24, 2.45) is 0 Å². The number of nitrogens with one attached hydrogen (secondary N) is 2. The number of hydrogen-bond donors (Lipinski definition) is 3. The Bertz CT molecular complexity index is 503. The van der Waals surface area contributed by atoms with E-state index >= 15 is 0 Å². The quantitative estimate of drug-likeness (QED) is 0.512. The lowest BCUT2D eigenvalue weighted by Gasteiger charge is -2.09. The van der Waals surface area contributed by atoms with Gasteiger partial charge in [-0.2, -0.15) is 0 Å². The molecule has 0 aliphatic heterocycles. The summed E-state index contributed by atoms with van der Waals surface area (Å²) in [4.78, 5) is 32.2. The molecule has 19 heavy (non-hydrogen) atoms. The van der Waals surface area contributed by atoms with Crippen molar-refractivity contribution in [3.8, 4) is 0 Å². The van der Waals surface area contributed by atoms with Crippen LogP contribution >= 0.6 is 0 Å². The molecule has 1 rings (SSSR count). The molecule has 1 aromatic rings. The summed E-state index contributed by atoms with van der Waals surface area (Å²) in [5.74, 6) is -1.64. The van der Waals surface area contributed by atoms with E-state index in [4.69, 9.17) is 5.11 Å². The molecular formula is C11H13N3O5. The maximum absolute atomic E-state index is 11.5. The predicted octanol–water partition coefficient (Wildman–Crippen LogP) is 0.596. The molecule has 8 nitrogen and oxygen atoms in total. The molecule has 0 fully saturated rings. The van der Waals surface area contributed by atoms with Crippen LogP contribution in [0.2, 0.25) is 0 Å². The first kappa shape index (κ1) is 14.6. The second-order valence-electron chi connectivity index (χ2n) is 3.76. The van der Waals surface area contributed by atoms with Gasteiger partial charge in [-0.1, -0.05) is 12.1 Å².